The van der Waals surface area contributed by atoms with Gasteiger partial charge in [-0.2, -0.15) is 5.26 Å². The number of alkyl halides is 2. The predicted molar refractivity (Wildman–Crippen MR) is 50.5 cm³/mol. The number of hydrogen-bond donors (Lipinski definition) is 1. The Morgan fingerprint density at radius 2 is 2.13 bits per heavy atom. The lowest BCUT2D eigenvalue weighted by Gasteiger charge is -2.10. The first kappa shape index (κ1) is 11.1. The number of anilines is 1. The maximum atomic E-state index is 12.6. The quantitative estimate of drug-likeness (QED) is 0.601. The number of carbonyl (C=O) groups is 1. The summed E-state index contributed by atoms with van der Waals surface area (Å²) >= 11 is 0. The van der Waals surface area contributed by atoms with E-state index in [2.05, 4.69) is 0 Å². The Hall–Kier alpha value is -1.96. The molecule has 1 rings (SSSR count). The summed E-state index contributed by atoms with van der Waals surface area (Å²) in [4.78, 5) is 11.2. The number of halogens is 2. The zero-order chi connectivity index (χ0) is 11.6. The Balaban J connectivity index is 3.60. The first-order valence-electron chi connectivity index (χ1n) is 4.10. The van der Waals surface area contributed by atoms with Crippen LogP contribution in [0.5, 0.6) is 0 Å². The summed E-state index contributed by atoms with van der Waals surface area (Å²) in [5.74, 6) is -0.589. The van der Waals surface area contributed by atoms with E-state index in [1.54, 1.807) is 6.07 Å². The summed E-state index contributed by atoms with van der Waals surface area (Å²) in [6, 6.07) is 4.15. The van der Waals surface area contributed by atoms with Gasteiger partial charge in [-0.15, -0.1) is 0 Å². The van der Waals surface area contributed by atoms with E-state index in [0.717, 1.165) is 6.92 Å². The van der Waals surface area contributed by atoms with Crippen molar-refractivity contribution in [3.8, 4) is 6.07 Å². The number of nitriles is 1. The van der Waals surface area contributed by atoms with Gasteiger partial charge in [-0.25, -0.2) is 8.78 Å². The molecule has 0 atom stereocenters. The fourth-order valence-corrected chi connectivity index (χ4v) is 1.34. The number of nitrogen functional groups attached to an aromatic ring is 1. The second-order valence-electron chi connectivity index (χ2n) is 2.96. The summed E-state index contributed by atoms with van der Waals surface area (Å²) in [6.07, 6.45) is -2.86. The van der Waals surface area contributed by atoms with E-state index in [9.17, 15) is 13.6 Å². The van der Waals surface area contributed by atoms with Crippen LogP contribution in [0.2, 0.25) is 0 Å². The van der Waals surface area contributed by atoms with E-state index in [1.807, 2.05) is 0 Å². The molecule has 0 aromatic heterocycles. The molecule has 1 aromatic carbocycles. The summed E-state index contributed by atoms with van der Waals surface area (Å²) in [7, 11) is 0. The highest BCUT2D eigenvalue weighted by molar-refractivity contribution is 5.99. The van der Waals surface area contributed by atoms with Gasteiger partial charge in [0.25, 0.3) is 6.43 Å². The van der Waals surface area contributed by atoms with Crippen molar-refractivity contribution in [3.63, 3.8) is 0 Å². The summed E-state index contributed by atoms with van der Waals surface area (Å²) < 4.78 is 25.2. The number of carbonyl (C=O) groups excluding carboxylic acids is 1. The van der Waals surface area contributed by atoms with Gasteiger partial charge in [0.15, 0.2) is 5.78 Å². The van der Waals surface area contributed by atoms with Gasteiger partial charge in [-0.3, -0.25) is 4.79 Å². The molecule has 0 aliphatic carbocycles. The van der Waals surface area contributed by atoms with Crippen molar-refractivity contribution in [1.29, 1.82) is 5.26 Å². The molecule has 0 fully saturated rings. The van der Waals surface area contributed by atoms with Gasteiger partial charge >= 0.3 is 0 Å². The van der Waals surface area contributed by atoms with Gasteiger partial charge in [0.05, 0.1) is 17.2 Å². The molecular formula is C10H8F2N2O. The van der Waals surface area contributed by atoms with Crippen molar-refractivity contribution in [1.82, 2.24) is 0 Å². The zero-order valence-corrected chi connectivity index (χ0v) is 7.92. The smallest absolute Gasteiger partial charge is 0.266 e. The van der Waals surface area contributed by atoms with E-state index in [1.165, 1.54) is 12.1 Å². The Morgan fingerprint density at radius 1 is 1.53 bits per heavy atom. The number of rotatable bonds is 2. The topological polar surface area (TPSA) is 66.9 Å². The molecular weight excluding hydrogens is 202 g/mol. The third-order valence-electron chi connectivity index (χ3n) is 1.97. The zero-order valence-electron chi connectivity index (χ0n) is 7.92. The van der Waals surface area contributed by atoms with Crippen molar-refractivity contribution in [3.05, 3.63) is 28.8 Å². The Kier molecular flexibility index (Phi) is 3.00. The predicted octanol–water partition coefficient (Wildman–Crippen LogP) is 2.28. The highest BCUT2D eigenvalue weighted by Gasteiger charge is 2.22. The van der Waals surface area contributed by atoms with Crippen LogP contribution in [0.25, 0.3) is 0 Å². The lowest BCUT2D eigenvalue weighted by Crippen LogP contribution is -2.07. The molecule has 0 saturated carbocycles. The van der Waals surface area contributed by atoms with E-state index < -0.39 is 17.8 Å². The lowest BCUT2D eigenvalue weighted by molar-refractivity contribution is 0.0999. The molecule has 2 N–H and O–H groups in total. The summed E-state index contributed by atoms with van der Waals surface area (Å²) in [5.41, 5.74) is 4.25. The van der Waals surface area contributed by atoms with Crippen LogP contribution in [0, 0.1) is 11.3 Å². The highest BCUT2D eigenvalue weighted by atomic mass is 19.3. The van der Waals surface area contributed by atoms with E-state index in [4.69, 9.17) is 11.0 Å². The molecule has 0 spiro atoms. The number of benzene rings is 1. The van der Waals surface area contributed by atoms with Crippen molar-refractivity contribution >= 4 is 11.5 Å². The molecule has 0 aliphatic rings. The average Bonchev–Trinajstić information content (AvgIpc) is 2.16. The molecule has 0 bridgehead atoms. The normalized spacial score (nSPS) is 10.1. The minimum Gasteiger partial charge on any atom is -0.398 e. The van der Waals surface area contributed by atoms with Crippen LogP contribution in [-0.4, -0.2) is 5.78 Å². The van der Waals surface area contributed by atoms with Crippen molar-refractivity contribution in [2.75, 3.05) is 5.73 Å². The summed E-state index contributed by atoms with van der Waals surface area (Å²) in [6.45, 7) is 1.13. The molecule has 0 aliphatic heterocycles. The molecule has 0 amide bonds. The van der Waals surface area contributed by atoms with Crippen LogP contribution < -0.4 is 5.73 Å². The number of nitrogens with two attached hydrogens (primary N) is 1. The maximum Gasteiger partial charge on any atom is 0.266 e. The number of ketones is 1. The van der Waals surface area contributed by atoms with Crippen molar-refractivity contribution in [2.24, 2.45) is 0 Å². The third kappa shape index (κ3) is 1.94. The van der Waals surface area contributed by atoms with Crippen molar-refractivity contribution < 1.29 is 13.6 Å². The Labute approximate surface area is 85.1 Å². The van der Waals surface area contributed by atoms with Crippen molar-refractivity contribution in [2.45, 2.75) is 13.3 Å². The second kappa shape index (κ2) is 4.05. The van der Waals surface area contributed by atoms with Gasteiger partial charge < -0.3 is 5.73 Å². The number of Topliss-reactive ketones (excluding diaryl/α,β-unsaturated/α-hetero) is 1. The van der Waals surface area contributed by atoms with Crippen LogP contribution in [0.15, 0.2) is 12.1 Å². The molecule has 15 heavy (non-hydrogen) atoms. The molecule has 78 valence electrons. The van der Waals surface area contributed by atoms with Gasteiger partial charge in [0.2, 0.25) is 0 Å². The monoisotopic (exact) mass is 210 g/mol. The van der Waals surface area contributed by atoms with Crippen LogP contribution in [0.4, 0.5) is 14.5 Å². The van der Waals surface area contributed by atoms with Crippen LogP contribution in [0.3, 0.4) is 0 Å². The van der Waals surface area contributed by atoms with Gasteiger partial charge in [-0.1, -0.05) is 0 Å². The lowest BCUT2D eigenvalue weighted by atomic mass is 9.97. The van der Waals surface area contributed by atoms with Crippen LogP contribution in [-0.2, 0) is 0 Å². The average molecular weight is 210 g/mol. The second-order valence-corrected chi connectivity index (χ2v) is 2.96. The number of nitrogens with zero attached hydrogens (tertiary/aromatic N) is 1. The largest absolute Gasteiger partial charge is 0.398 e. The fraction of sp³-hybridized carbons (Fsp3) is 0.200. The molecule has 5 heteroatoms. The Bertz CT molecular complexity index is 449. The standard InChI is InChI=1S/C10H8F2N2O/c1-5(15)8-6(4-13)2-3-7(14)9(8)10(11)12/h2-3,10H,14H2,1H3. The van der Waals surface area contributed by atoms with E-state index >= 15 is 0 Å². The van der Waals surface area contributed by atoms with Crippen LogP contribution >= 0.6 is 0 Å². The molecule has 0 unspecified atom stereocenters. The van der Waals surface area contributed by atoms with Gasteiger partial charge in [-0.05, 0) is 19.1 Å². The SMILES string of the molecule is CC(=O)c1c(C#N)ccc(N)c1C(F)F. The summed E-state index contributed by atoms with van der Waals surface area (Å²) in [5, 5.41) is 8.68. The molecule has 0 radical (unpaired) electrons. The maximum absolute atomic E-state index is 12.6. The number of hydrogen-bond acceptors (Lipinski definition) is 3. The molecule has 1 aromatic rings. The van der Waals surface area contributed by atoms with Gasteiger partial charge in [0.1, 0.15) is 0 Å². The minimum absolute atomic E-state index is 0.0769. The highest BCUT2D eigenvalue weighted by Crippen LogP contribution is 2.31. The van der Waals surface area contributed by atoms with E-state index in [0.29, 0.717) is 0 Å². The first-order chi connectivity index (χ1) is 6.99. The minimum atomic E-state index is -2.86. The Morgan fingerprint density at radius 3 is 2.53 bits per heavy atom. The first-order valence-corrected chi connectivity index (χ1v) is 4.10. The molecule has 0 heterocycles. The molecule has 3 nitrogen and oxygen atoms in total. The molecule has 0 saturated heterocycles. The fourth-order valence-electron chi connectivity index (χ4n) is 1.34. The van der Waals surface area contributed by atoms with E-state index in [-0.39, 0.29) is 16.8 Å². The van der Waals surface area contributed by atoms with Crippen LogP contribution in [0.1, 0.15) is 34.8 Å². The van der Waals surface area contributed by atoms with Gasteiger partial charge in [0, 0.05) is 11.3 Å². The third-order valence-corrected chi connectivity index (χ3v) is 1.97.